The van der Waals surface area contributed by atoms with Crippen LogP contribution in [0.5, 0.6) is 5.88 Å². The van der Waals surface area contributed by atoms with Gasteiger partial charge in [-0.15, -0.1) is 0 Å². The number of hydrogen-bond donors (Lipinski definition) is 2. The molecule has 0 aliphatic heterocycles. The molecule has 2 rings (SSSR count). The van der Waals surface area contributed by atoms with Crippen LogP contribution < -0.4 is 15.4 Å². The van der Waals surface area contributed by atoms with Crippen LogP contribution in [0, 0.1) is 0 Å². The average molecular weight is 247 g/mol. The summed E-state index contributed by atoms with van der Waals surface area (Å²) in [6, 6.07) is 5.67. The predicted molar refractivity (Wildman–Crippen MR) is 71.4 cm³/mol. The third-order valence-corrected chi connectivity index (χ3v) is 2.44. The van der Waals surface area contributed by atoms with Gasteiger partial charge in [0.15, 0.2) is 5.82 Å². The summed E-state index contributed by atoms with van der Waals surface area (Å²) in [5.74, 6) is 2.28. The van der Waals surface area contributed by atoms with Crippen molar-refractivity contribution in [1.82, 2.24) is 14.8 Å². The second-order valence-electron chi connectivity index (χ2n) is 3.78. The summed E-state index contributed by atoms with van der Waals surface area (Å²) in [5.41, 5.74) is 0.932. The molecule has 0 radical (unpaired) electrons. The number of aryl methyl sites for hydroxylation is 1. The van der Waals surface area contributed by atoms with Gasteiger partial charge in [-0.1, -0.05) is 0 Å². The molecule has 0 fully saturated rings. The maximum atomic E-state index is 5.16. The molecule has 0 spiro atoms. The number of rotatable bonds is 5. The van der Waals surface area contributed by atoms with Crippen LogP contribution >= 0.6 is 0 Å². The van der Waals surface area contributed by atoms with Crippen LogP contribution in [-0.2, 0) is 7.05 Å². The van der Waals surface area contributed by atoms with Gasteiger partial charge in [-0.3, -0.25) is 0 Å². The first-order valence-electron chi connectivity index (χ1n) is 5.78. The van der Waals surface area contributed by atoms with E-state index in [2.05, 4.69) is 20.7 Å². The first-order chi connectivity index (χ1) is 8.72. The highest BCUT2D eigenvalue weighted by Gasteiger charge is 2.05. The van der Waals surface area contributed by atoms with Crippen molar-refractivity contribution in [2.45, 2.75) is 6.92 Å². The lowest BCUT2D eigenvalue weighted by molar-refractivity contribution is 0.373. The van der Waals surface area contributed by atoms with Crippen LogP contribution in [0.1, 0.15) is 6.92 Å². The Morgan fingerprint density at radius 2 is 2.17 bits per heavy atom. The van der Waals surface area contributed by atoms with Crippen molar-refractivity contribution in [3.63, 3.8) is 0 Å². The first-order valence-corrected chi connectivity index (χ1v) is 5.78. The number of nitrogens with one attached hydrogen (secondary N) is 2. The van der Waals surface area contributed by atoms with Gasteiger partial charge < -0.3 is 15.4 Å². The summed E-state index contributed by atoms with van der Waals surface area (Å²) in [7, 11) is 3.46. The summed E-state index contributed by atoms with van der Waals surface area (Å²) in [6.07, 6.45) is 1.75. The molecule has 0 aromatic carbocycles. The Hall–Kier alpha value is -2.24. The summed E-state index contributed by atoms with van der Waals surface area (Å²) in [5, 5.41) is 10.7. The summed E-state index contributed by atoms with van der Waals surface area (Å²) in [6.45, 7) is 2.87. The van der Waals surface area contributed by atoms with Gasteiger partial charge in [0.2, 0.25) is 5.88 Å². The molecule has 18 heavy (non-hydrogen) atoms. The zero-order valence-corrected chi connectivity index (χ0v) is 10.8. The van der Waals surface area contributed by atoms with Gasteiger partial charge in [-0.05, 0) is 13.0 Å². The molecular formula is C12H17N5O. The lowest BCUT2D eigenvalue weighted by atomic mass is 10.3. The fourth-order valence-electron chi connectivity index (χ4n) is 1.64. The standard InChI is InChI=1S/C12H17N5O/c1-4-13-10-7-9(5-6-14-10)15-11-8-12(18-3)17(2)16-11/h5-8H,4H2,1-3H3,(H2,13,14,15,16). The smallest absolute Gasteiger partial charge is 0.213 e. The van der Waals surface area contributed by atoms with Crippen LogP contribution in [0.25, 0.3) is 0 Å². The number of anilines is 3. The van der Waals surface area contributed by atoms with Crippen molar-refractivity contribution in [1.29, 1.82) is 0 Å². The van der Waals surface area contributed by atoms with Crippen molar-refractivity contribution in [3.05, 3.63) is 24.4 Å². The van der Waals surface area contributed by atoms with E-state index in [0.717, 1.165) is 23.9 Å². The monoisotopic (exact) mass is 247 g/mol. The van der Waals surface area contributed by atoms with Gasteiger partial charge >= 0.3 is 0 Å². The minimum atomic E-state index is 0.707. The third kappa shape index (κ3) is 2.71. The molecule has 0 atom stereocenters. The normalized spacial score (nSPS) is 10.2. The van der Waals surface area contributed by atoms with Crippen LogP contribution in [0.15, 0.2) is 24.4 Å². The molecule has 0 amide bonds. The Balaban J connectivity index is 2.14. The fourth-order valence-corrected chi connectivity index (χ4v) is 1.64. The molecule has 96 valence electrons. The topological polar surface area (TPSA) is 64.0 Å². The van der Waals surface area contributed by atoms with Crippen LogP contribution in [0.3, 0.4) is 0 Å². The molecule has 0 saturated heterocycles. The SMILES string of the molecule is CCNc1cc(Nc2cc(OC)n(C)n2)ccn1. The second kappa shape index (κ2) is 5.39. The van der Waals surface area contributed by atoms with E-state index in [1.54, 1.807) is 18.0 Å². The zero-order chi connectivity index (χ0) is 13.0. The number of aromatic nitrogens is 3. The maximum absolute atomic E-state index is 5.16. The number of ether oxygens (including phenoxy) is 1. The number of methoxy groups -OCH3 is 1. The Labute approximate surface area is 106 Å². The molecule has 2 N–H and O–H groups in total. The van der Waals surface area contributed by atoms with Crippen molar-refractivity contribution >= 4 is 17.3 Å². The van der Waals surface area contributed by atoms with E-state index in [0.29, 0.717) is 5.88 Å². The molecule has 2 aromatic heterocycles. The Kier molecular flexibility index (Phi) is 3.66. The van der Waals surface area contributed by atoms with Gasteiger partial charge in [0.25, 0.3) is 0 Å². The molecule has 6 nitrogen and oxygen atoms in total. The minimum Gasteiger partial charge on any atom is -0.481 e. The molecule has 0 aliphatic carbocycles. The number of pyridine rings is 1. The van der Waals surface area contributed by atoms with Crippen LogP contribution in [-0.4, -0.2) is 28.4 Å². The zero-order valence-electron chi connectivity index (χ0n) is 10.8. The van der Waals surface area contributed by atoms with Crippen LogP contribution in [0.4, 0.5) is 17.3 Å². The molecule has 0 unspecified atom stereocenters. The molecular weight excluding hydrogens is 230 g/mol. The van der Waals surface area contributed by atoms with E-state index in [4.69, 9.17) is 4.74 Å². The molecule has 2 aromatic rings. The van der Waals surface area contributed by atoms with E-state index < -0.39 is 0 Å². The quantitative estimate of drug-likeness (QED) is 0.846. The largest absolute Gasteiger partial charge is 0.481 e. The lowest BCUT2D eigenvalue weighted by Gasteiger charge is -2.05. The van der Waals surface area contributed by atoms with E-state index in [1.165, 1.54) is 0 Å². The van der Waals surface area contributed by atoms with Gasteiger partial charge in [0.1, 0.15) is 5.82 Å². The molecule has 0 bridgehead atoms. The summed E-state index contributed by atoms with van der Waals surface area (Å²) >= 11 is 0. The highest BCUT2D eigenvalue weighted by Crippen LogP contribution is 2.21. The van der Waals surface area contributed by atoms with Gasteiger partial charge in [-0.2, -0.15) is 5.10 Å². The molecule has 0 saturated carbocycles. The van der Waals surface area contributed by atoms with Crippen molar-refractivity contribution in [2.75, 3.05) is 24.3 Å². The highest BCUT2D eigenvalue weighted by molar-refractivity contribution is 5.60. The molecule has 2 heterocycles. The Bertz CT molecular complexity index is 523. The Morgan fingerprint density at radius 3 is 2.83 bits per heavy atom. The van der Waals surface area contributed by atoms with Crippen molar-refractivity contribution in [2.24, 2.45) is 7.05 Å². The summed E-state index contributed by atoms with van der Waals surface area (Å²) in [4.78, 5) is 4.21. The minimum absolute atomic E-state index is 0.707. The lowest BCUT2D eigenvalue weighted by Crippen LogP contribution is -2.00. The van der Waals surface area contributed by atoms with Gasteiger partial charge in [0, 0.05) is 37.6 Å². The van der Waals surface area contributed by atoms with Crippen molar-refractivity contribution in [3.8, 4) is 5.88 Å². The van der Waals surface area contributed by atoms with Crippen LogP contribution in [0.2, 0.25) is 0 Å². The molecule has 6 heteroatoms. The third-order valence-electron chi connectivity index (χ3n) is 2.44. The molecule has 0 aliphatic rings. The highest BCUT2D eigenvalue weighted by atomic mass is 16.5. The van der Waals surface area contributed by atoms with E-state index in [-0.39, 0.29) is 0 Å². The second-order valence-corrected chi connectivity index (χ2v) is 3.78. The van der Waals surface area contributed by atoms with E-state index >= 15 is 0 Å². The van der Waals surface area contributed by atoms with Gasteiger partial charge in [-0.25, -0.2) is 9.67 Å². The Morgan fingerprint density at radius 1 is 1.33 bits per heavy atom. The fraction of sp³-hybridized carbons (Fsp3) is 0.333. The van der Waals surface area contributed by atoms with E-state index in [9.17, 15) is 0 Å². The first kappa shape index (κ1) is 12.2. The van der Waals surface area contributed by atoms with Crippen molar-refractivity contribution < 1.29 is 4.74 Å². The van der Waals surface area contributed by atoms with Gasteiger partial charge in [0.05, 0.1) is 7.11 Å². The average Bonchev–Trinajstić information content (AvgIpc) is 2.70. The maximum Gasteiger partial charge on any atom is 0.213 e. The number of nitrogens with zero attached hydrogens (tertiary/aromatic N) is 3. The predicted octanol–water partition coefficient (Wildman–Crippen LogP) is 2.00. The number of hydrogen-bond acceptors (Lipinski definition) is 5. The summed E-state index contributed by atoms with van der Waals surface area (Å²) < 4.78 is 6.84. The van der Waals surface area contributed by atoms with E-state index in [1.807, 2.05) is 32.2 Å².